The van der Waals surface area contributed by atoms with Gasteiger partial charge in [-0.05, 0) is 30.5 Å². The molecule has 1 aromatic carbocycles. The highest BCUT2D eigenvalue weighted by Gasteiger charge is 2.08. The summed E-state index contributed by atoms with van der Waals surface area (Å²) in [6.45, 7) is 4.98. The third-order valence-electron chi connectivity index (χ3n) is 2.87. The third-order valence-corrected chi connectivity index (χ3v) is 2.87. The van der Waals surface area contributed by atoms with Crippen molar-refractivity contribution >= 4 is 11.9 Å². The van der Waals surface area contributed by atoms with Crippen molar-refractivity contribution in [2.75, 3.05) is 6.54 Å². The molecule has 2 N–H and O–H groups in total. The smallest absolute Gasteiger partial charge is 0.335 e. The first kappa shape index (κ1) is 15.2. The largest absolute Gasteiger partial charge is 0.478 e. The average molecular weight is 263 g/mol. The van der Waals surface area contributed by atoms with Gasteiger partial charge in [-0.3, -0.25) is 4.79 Å². The molecule has 0 saturated heterocycles. The van der Waals surface area contributed by atoms with Gasteiger partial charge in [0.15, 0.2) is 0 Å². The average Bonchev–Trinajstić information content (AvgIpc) is 2.37. The van der Waals surface area contributed by atoms with Crippen molar-refractivity contribution in [3.05, 3.63) is 35.4 Å². The van der Waals surface area contributed by atoms with E-state index in [1.807, 2.05) is 0 Å². The van der Waals surface area contributed by atoms with Crippen molar-refractivity contribution in [2.45, 2.75) is 33.1 Å². The van der Waals surface area contributed by atoms with Gasteiger partial charge in [-0.1, -0.05) is 32.8 Å². The number of aromatic carboxylic acids is 1. The van der Waals surface area contributed by atoms with Gasteiger partial charge in [0.2, 0.25) is 0 Å². The molecule has 0 aliphatic heterocycles. The summed E-state index contributed by atoms with van der Waals surface area (Å²) in [6, 6.07) is 6.07. The fraction of sp³-hybridized carbons (Fsp3) is 0.467. The van der Waals surface area contributed by atoms with Crippen molar-refractivity contribution in [1.29, 1.82) is 0 Å². The lowest BCUT2D eigenvalue weighted by molar-refractivity contribution is 0.0697. The van der Waals surface area contributed by atoms with Crippen molar-refractivity contribution in [3.8, 4) is 0 Å². The Bertz CT molecular complexity index is 441. The minimum absolute atomic E-state index is 0.132. The number of nitrogens with one attached hydrogen (secondary N) is 1. The summed E-state index contributed by atoms with van der Waals surface area (Å²) in [5, 5.41) is 11.7. The number of carbonyl (C=O) groups excluding carboxylic acids is 1. The Balaban J connectivity index is 2.41. The number of carbonyl (C=O) groups is 2. The second-order valence-electron chi connectivity index (χ2n) is 5.03. The van der Waals surface area contributed by atoms with Crippen LogP contribution in [0.3, 0.4) is 0 Å². The molecule has 4 nitrogen and oxygen atoms in total. The fourth-order valence-corrected chi connectivity index (χ4v) is 1.78. The van der Waals surface area contributed by atoms with Crippen molar-refractivity contribution in [2.24, 2.45) is 5.92 Å². The molecule has 0 fully saturated rings. The van der Waals surface area contributed by atoms with E-state index < -0.39 is 5.97 Å². The van der Waals surface area contributed by atoms with Gasteiger partial charge in [0.1, 0.15) is 0 Å². The van der Waals surface area contributed by atoms with E-state index in [1.54, 1.807) is 12.1 Å². The molecular weight excluding hydrogens is 242 g/mol. The molecule has 0 saturated carbocycles. The van der Waals surface area contributed by atoms with Crippen LogP contribution in [0, 0.1) is 5.92 Å². The van der Waals surface area contributed by atoms with Crippen LogP contribution < -0.4 is 5.32 Å². The first-order valence-electron chi connectivity index (χ1n) is 6.62. The molecule has 1 rings (SSSR count). The summed E-state index contributed by atoms with van der Waals surface area (Å²) in [6.07, 6.45) is 3.19. The summed E-state index contributed by atoms with van der Waals surface area (Å²) in [4.78, 5) is 22.6. The Morgan fingerprint density at radius 1 is 1.21 bits per heavy atom. The maximum atomic E-state index is 11.8. The molecule has 0 heterocycles. The Hall–Kier alpha value is -1.84. The standard InChI is InChI=1S/C15H21NO3/c1-11(2)6-3-4-9-16-14(17)12-7-5-8-13(10-12)15(18)19/h5,7-8,10-11H,3-4,6,9H2,1-2H3,(H,16,17)(H,18,19). The lowest BCUT2D eigenvalue weighted by atomic mass is 10.1. The Kier molecular flexibility index (Phi) is 6.06. The van der Waals surface area contributed by atoms with E-state index in [2.05, 4.69) is 19.2 Å². The van der Waals surface area contributed by atoms with Crippen LogP contribution in [0.2, 0.25) is 0 Å². The molecular formula is C15H21NO3. The van der Waals surface area contributed by atoms with Gasteiger partial charge in [-0.2, -0.15) is 0 Å². The zero-order chi connectivity index (χ0) is 14.3. The Labute approximate surface area is 113 Å². The van der Waals surface area contributed by atoms with Crippen LogP contribution in [0.15, 0.2) is 24.3 Å². The summed E-state index contributed by atoms with van der Waals surface area (Å²) in [5.41, 5.74) is 0.524. The number of benzene rings is 1. The second kappa shape index (κ2) is 7.56. The van der Waals surface area contributed by atoms with Crippen molar-refractivity contribution in [1.82, 2.24) is 5.32 Å². The van der Waals surface area contributed by atoms with Crippen LogP contribution in [-0.2, 0) is 0 Å². The van der Waals surface area contributed by atoms with Gasteiger partial charge in [-0.25, -0.2) is 4.79 Å². The van der Waals surface area contributed by atoms with E-state index in [0.717, 1.165) is 19.3 Å². The Morgan fingerprint density at radius 2 is 1.89 bits per heavy atom. The molecule has 0 bridgehead atoms. The van der Waals surface area contributed by atoms with Crippen LogP contribution in [0.4, 0.5) is 0 Å². The summed E-state index contributed by atoms with van der Waals surface area (Å²) in [5.74, 6) is -0.554. The summed E-state index contributed by atoms with van der Waals surface area (Å²) >= 11 is 0. The predicted octanol–water partition coefficient (Wildman–Crippen LogP) is 2.94. The maximum Gasteiger partial charge on any atom is 0.335 e. The minimum Gasteiger partial charge on any atom is -0.478 e. The van der Waals surface area contributed by atoms with Gasteiger partial charge in [0, 0.05) is 12.1 Å². The molecule has 0 spiro atoms. The van der Waals surface area contributed by atoms with Crippen LogP contribution in [0.25, 0.3) is 0 Å². The van der Waals surface area contributed by atoms with Crippen LogP contribution in [0.1, 0.15) is 53.8 Å². The van der Waals surface area contributed by atoms with Gasteiger partial charge < -0.3 is 10.4 Å². The molecule has 1 aromatic rings. The van der Waals surface area contributed by atoms with E-state index in [0.29, 0.717) is 18.0 Å². The zero-order valence-corrected chi connectivity index (χ0v) is 11.5. The lowest BCUT2D eigenvalue weighted by Crippen LogP contribution is -2.24. The predicted molar refractivity (Wildman–Crippen MR) is 74.4 cm³/mol. The Morgan fingerprint density at radius 3 is 2.53 bits per heavy atom. The van der Waals surface area contributed by atoms with Gasteiger partial charge in [-0.15, -0.1) is 0 Å². The highest BCUT2D eigenvalue weighted by Crippen LogP contribution is 2.07. The van der Waals surface area contributed by atoms with Gasteiger partial charge >= 0.3 is 5.97 Å². The number of carboxylic acid groups (broad SMARTS) is 1. The molecule has 1 amide bonds. The molecule has 104 valence electrons. The lowest BCUT2D eigenvalue weighted by Gasteiger charge is -2.07. The highest BCUT2D eigenvalue weighted by atomic mass is 16.4. The first-order valence-corrected chi connectivity index (χ1v) is 6.62. The molecule has 0 aromatic heterocycles. The van der Waals surface area contributed by atoms with E-state index in [4.69, 9.17) is 5.11 Å². The maximum absolute atomic E-state index is 11.8. The number of carboxylic acids is 1. The monoisotopic (exact) mass is 263 g/mol. The quantitative estimate of drug-likeness (QED) is 0.743. The van der Waals surface area contributed by atoms with E-state index in [-0.39, 0.29) is 11.5 Å². The second-order valence-corrected chi connectivity index (χ2v) is 5.03. The topological polar surface area (TPSA) is 66.4 Å². The fourth-order valence-electron chi connectivity index (χ4n) is 1.78. The van der Waals surface area contributed by atoms with Gasteiger partial charge in [0.25, 0.3) is 5.91 Å². The van der Waals surface area contributed by atoms with E-state index in [1.165, 1.54) is 12.1 Å². The molecule has 0 atom stereocenters. The number of hydrogen-bond donors (Lipinski definition) is 2. The third kappa shape index (κ3) is 5.55. The van der Waals surface area contributed by atoms with Crippen molar-refractivity contribution < 1.29 is 14.7 Å². The number of rotatable bonds is 7. The molecule has 0 unspecified atom stereocenters. The number of amides is 1. The van der Waals surface area contributed by atoms with Crippen LogP contribution in [-0.4, -0.2) is 23.5 Å². The van der Waals surface area contributed by atoms with Gasteiger partial charge in [0.05, 0.1) is 5.56 Å². The summed E-state index contributed by atoms with van der Waals surface area (Å²) < 4.78 is 0. The molecule has 19 heavy (non-hydrogen) atoms. The molecule has 0 aliphatic rings. The zero-order valence-electron chi connectivity index (χ0n) is 11.5. The molecule has 0 aliphatic carbocycles. The van der Waals surface area contributed by atoms with E-state index >= 15 is 0 Å². The number of unbranched alkanes of at least 4 members (excludes halogenated alkanes) is 1. The highest BCUT2D eigenvalue weighted by molar-refractivity contribution is 5.97. The van der Waals surface area contributed by atoms with Crippen LogP contribution in [0.5, 0.6) is 0 Å². The number of hydrogen-bond acceptors (Lipinski definition) is 2. The summed E-state index contributed by atoms with van der Waals surface area (Å²) in [7, 11) is 0. The van der Waals surface area contributed by atoms with E-state index in [9.17, 15) is 9.59 Å². The minimum atomic E-state index is -1.02. The van der Waals surface area contributed by atoms with Crippen LogP contribution >= 0.6 is 0 Å². The normalized spacial score (nSPS) is 10.5. The molecule has 0 radical (unpaired) electrons. The van der Waals surface area contributed by atoms with Crippen molar-refractivity contribution in [3.63, 3.8) is 0 Å². The SMILES string of the molecule is CC(C)CCCCNC(=O)c1cccc(C(=O)O)c1. The molecule has 4 heteroatoms. The first-order chi connectivity index (χ1) is 9.00.